The van der Waals surface area contributed by atoms with Crippen molar-refractivity contribution < 1.29 is 12.8 Å². The zero-order chi connectivity index (χ0) is 13.9. The number of nitrogens with zero attached hydrogens (tertiary/aromatic N) is 2. The number of halogens is 2. The second kappa shape index (κ2) is 5.65. The maximum absolute atomic E-state index is 13.1. The fraction of sp³-hybridized carbons (Fsp3) is 0.300. The predicted molar refractivity (Wildman–Crippen MR) is 68.6 cm³/mol. The molecule has 0 aliphatic rings. The van der Waals surface area contributed by atoms with Gasteiger partial charge in [-0.15, -0.1) is 0 Å². The van der Waals surface area contributed by atoms with Crippen molar-refractivity contribution in [3.05, 3.63) is 22.4 Å². The van der Waals surface area contributed by atoms with Crippen LogP contribution in [0.5, 0.6) is 0 Å². The lowest BCUT2D eigenvalue weighted by Crippen LogP contribution is -2.28. The Morgan fingerprint density at radius 3 is 2.72 bits per heavy atom. The van der Waals surface area contributed by atoms with E-state index >= 15 is 0 Å². The third-order valence-electron chi connectivity index (χ3n) is 2.28. The Labute approximate surface area is 113 Å². The zero-order valence-electron chi connectivity index (χ0n) is 9.52. The van der Waals surface area contributed by atoms with Crippen molar-refractivity contribution in [2.75, 3.05) is 19.3 Å². The van der Waals surface area contributed by atoms with Gasteiger partial charge in [0.15, 0.2) is 0 Å². The van der Waals surface area contributed by atoms with E-state index in [-0.39, 0.29) is 28.0 Å². The Kier molecular flexibility index (Phi) is 4.67. The van der Waals surface area contributed by atoms with E-state index < -0.39 is 15.8 Å². The average Bonchev–Trinajstić information content (AvgIpc) is 2.30. The molecule has 0 aliphatic carbocycles. The van der Waals surface area contributed by atoms with Crippen molar-refractivity contribution in [2.24, 2.45) is 0 Å². The summed E-state index contributed by atoms with van der Waals surface area (Å²) in [4.78, 5) is -0.123. The minimum atomic E-state index is -3.79. The Morgan fingerprint density at radius 2 is 2.17 bits per heavy atom. The van der Waals surface area contributed by atoms with Crippen LogP contribution in [0.2, 0.25) is 0 Å². The van der Waals surface area contributed by atoms with Crippen LogP contribution in [0.3, 0.4) is 0 Å². The van der Waals surface area contributed by atoms with E-state index in [1.807, 2.05) is 6.07 Å². The normalized spacial score (nSPS) is 11.5. The van der Waals surface area contributed by atoms with Crippen LogP contribution in [0.4, 0.5) is 10.1 Å². The fourth-order valence-corrected chi connectivity index (χ4v) is 3.42. The number of nitrogen functional groups attached to an aromatic ring is 1. The highest BCUT2D eigenvalue weighted by Crippen LogP contribution is 2.28. The van der Waals surface area contributed by atoms with E-state index in [2.05, 4.69) is 15.9 Å². The number of benzene rings is 1. The van der Waals surface area contributed by atoms with Crippen LogP contribution >= 0.6 is 15.9 Å². The zero-order valence-corrected chi connectivity index (χ0v) is 11.9. The lowest BCUT2D eigenvalue weighted by atomic mass is 10.3. The Balaban J connectivity index is 3.21. The average molecular weight is 336 g/mol. The van der Waals surface area contributed by atoms with E-state index in [4.69, 9.17) is 11.0 Å². The Bertz CT molecular complexity index is 598. The van der Waals surface area contributed by atoms with Gasteiger partial charge in [0, 0.05) is 24.5 Å². The SMILES string of the molecule is CN(CCC#N)S(=O)(=O)c1cc(N)c(F)cc1Br. The molecule has 98 valence electrons. The van der Waals surface area contributed by atoms with Gasteiger partial charge in [0.05, 0.1) is 16.7 Å². The van der Waals surface area contributed by atoms with Gasteiger partial charge in [-0.3, -0.25) is 0 Å². The Hall–Kier alpha value is -1.17. The van der Waals surface area contributed by atoms with Crippen LogP contribution in [0.1, 0.15) is 6.42 Å². The first-order chi connectivity index (χ1) is 8.30. The molecule has 8 heteroatoms. The molecule has 0 heterocycles. The first-order valence-corrected chi connectivity index (χ1v) is 7.12. The van der Waals surface area contributed by atoms with Crippen molar-refractivity contribution in [3.8, 4) is 6.07 Å². The molecule has 1 rings (SSSR count). The maximum atomic E-state index is 13.1. The number of sulfonamides is 1. The summed E-state index contributed by atoms with van der Waals surface area (Å²) in [5.74, 6) is -0.694. The summed E-state index contributed by atoms with van der Waals surface area (Å²) in [6, 6.07) is 3.91. The molecule has 0 saturated heterocycles. The molecule has 0 saturated carbocycles. The van der Waals surface area contributed by atoms with Gasteiger partial charge in [0.25, 0.3) is 0 Å². The van der Waals surface area contributed by atoms with Gasteiger partial charge in [-0.05, 0) is 28.1 Å². The third kappa shape index (κ3) is 2.98. The van der Waals surface area contributed by atoms with Gasteiger partial charge in [-0.1, -0.05) is 0 Å². The topological polar surface area (TPSA) is 87.2 Å². The summed E-state index contributed by atoms with van der Waals surface area (Å²) in [6.45, 7) is 0.0581. The van der Waals surface area contributed by atoms with Crippen LogP contribution < -0.4 is 5.73 Å². The minimum Gasteiger partial charge on any atom is -0.396 e. The van der Waals surface area contributed by atoms with Crippen molar-refractivity contribution in [3.63, 3.8) is 0 Å². The maximum Gasteiger partial charge on any atom is 0.244 e. The molecule has 0 spiro atoms. The number of nitrogens with two attached hydrogens (primary N) is 1. The Morgan fingerprint density at radius 1 is 1.56 bits per heavy atom. The second-order valence-electron chi connectivity index (χ2n) is 3.54. The van der Waals surface area contributed by atoms with Crippen LogP contribution in [0.15, 0.2) is 21.5 Å². The molecule has 0 radical (unpaired) electrons. The van der Waals surface area contributed by atoms with Gasteiger partial charge in [-0.25, -0.2) is 12.8 Å². The number of hydrogen-bond donors (Lipinski definition) is 1. The third-order valence-corrected chi connectivity index (χ3v) is 5.09. The standard InChI is InChI=1S/C10H11BrFN3O2S/c1-15(4-2-3-13)18(16,17)10-6-9(14)8(12)5-7(10)11/h5-6H,2,4,14H2,1H3. The number of hydrogen-bond acceptors (Lipinski definition) is 4. The smallest absolute Gasteiger partial charge is 0.244 e. The molecule has 0 aliphatic heterocycles. The van der Waals surface area contributed by atoms with Crippen molar-refractivity contribution in [2.45, 2.75) is 11.3 Å². The number of rotatable bonds is 4. The summed E-state index contributed by atoms with van der Waals surface area (Å²) in [5, 5.41) is 8.44. The fourth-order valence-electron chi connectivity index (χ4n) is 1.24. The highest BCUT2D eigenvalue weighted by Gasteiger charge is 2.24. The van der Waals surface area contributed by atoms with E-state index in [1.165, 1.54) is 7.05 Å². The van der Waals surface area contributed by atoms with Crippen LogP contribution in [-0.4, -0.2) is 26.3 Å². The highest BCUT2D eigenvalue weighted by atomic mass is 79.9. The van der Waals surface area contributed by atoms with Gasteiger partial charge in [0.2, 0.25) is 10.0 Å². The van der Waals surface area contributed by atoms with Gasteiger partial charge < -0.3 is 5.73 Å². The first kappa shape index (κ1) is 14.9. The summed E-state index contributed by atoms with van der Waals surface area (Å²) in [6.07, 6.45) is 0.0734. The molecule has 0 aromatic heterocycles. The van der Waals surface area contributed by atoms with E-state index in [0.29, 0.717) is 0 Å². The summed E-state index contributed by atoms with van der Waals surface area (Å²) in [7, 11) is -2.45. The molecule has 0 unspecified atom stereocenters. The summed E-state index contributed by atoms with van der Waals surface area (Å²) in [5.41, 5.74) is 5.11. The molecule has 0 amide bonds. The molecular formula is C10H11BrFN3O2S. The van der Waals surface area contributed by atoms with Gasteiger partial charge in [-0.2, -0.15) is 9.57 Å². The van der Waals surface area contributed by atoms with Crippen LogP contribution in [0, 0.1) is 17.1 Å². The lowest BCUT2D eigenvalue weighted by molar-refractivity contribution is 0.476. The van der Waals surface area contributed by atoms with Crippen molar-refractivity contribution in [1.82, 2.24) is 4.31 Å². The monoisotopic (exact) mass is 335 g/mol. The van der Waals surface area contributed by atoms with Crippen LogP contribution in [-0.2, 0) is 10.0 Å². The molecule has 2 N–H and O–H groups in total. The summed E-state index contributed by atoms with van der Waals surface area (Å²) < 4.78 is 38.5. The molecule has 5 nitrogen and oxygen atoms in total. The molecule has 1 aromatic rings. The second-order valence-corrected chi connectivity index (χ2v) is 6.41. The van der Waals surface area contributed by atoms with E-state index in [1.54, 1.807) is 0 Å². The van der Waals surface area contributed by atoms with Crippen molar-refractivity contribution in [1.29, 1.82) is 5.26 Å². The largest absolute Gasteiger partial charge is 0.396 e. The molecule has 0 atom stereocenters. The molecule has 18 heavy (non-hydrogen) atoms. The van der Waals surface area contributed by atoms with E-state index in [0.717, 1.165) is 16.4 Å². The van der Waals surface area contributed by atoms with E-state index in [9.17, 15) is 12.8 Å². The summed E-state index contributed by atoms with van der Waals surface area (Å²) >= 11 is 2.99. The molecular weight excluding hydrogens is 325 g/mol. The molecule has 1 aromatic carbocycles. The minimum absolute atomic E-state index is 0.0581. The van der Waals surface area contributed by atoms with Crippen molar-refractivity contribution >= 4 is 31.6 Å². The van der Waals surface area contributed by atoms with Gasteiger partial charge in [0.1, 0.15) is 5.82 Å². The van der Waals surface area contributed by atoms with Crippen LogP contribution in [0.25, 0.3) is 0 Å². The highest BCUT2D eigenvalue weighted by molar-refractivity contribution is 9.10. The lowest BCUT2D eigenvalue weighted by Gasteiger charge is -2.17. The predicted octanol–water partition coefficient (Wildman–Crippen LogP) is 1.70. The molecule has 0 bridgehead atoms. The first-order valence-electron chi connectivity index (χ1n) is 4.88. The number of anilines is 1. The molecule has 0 fully saturated rings. The van der Waals surface area contributed by atoms with Gasteiger partial charge >= 0.3 is 0 Å². The number of nitriles is 1. The quantitative estimate of drug-likeness (QED) is 0.848.